The van der Waals surface area contributed by atoms with Gasteiger partial charge in [0, 0.05) is 18.0 Å². The molecule has 1 saturated heterocycles. The van der Waals surface area contributed by atoms with Crippen molar-refractivity contribution in [3.8, 4) is 0 Å². The first kappa shape index (κ1) is 26.6. The highest BCUT2D eigenvalue weighted by Crippen LogP contribution is 2.26. The monoisotopic (exact) mass is 479 g/mol. The maximum atomic E-state index is 12.8. The molecule has 0 aliphatic carbocycles. The predicted octanol–water partition coefficient (Wildman–Crippen LogP) is 3.68. The van der Waals surface area contributed by atoms with E-state index in [0.717, 1.165) is 24.8 Å². The van der Waals surface area contributed by atoms with Gasteiger partial charge in [-0.15, -0.1) is 0 Å². The Labute approximate surface area is 200 Å². The van der Waals surface area contributed by atoms with Crippen LogP contribution in [0.5, 0.6) is 0 Å². The number of alkyl carbamates (subject to hydrolysis) is 1. The van der Waals surface area contributed by atoms with Gasteiger partial charge in [0.25, 0.3) is 0 Å². The number of nitrogens with one attached hydrogen (secondary N) is 3. The Morgan fingerprint density at radius 2 is 1.91 bits per heavy atom. The van der Waals surface area contributed by atoms with Gasteiger partial charge in [-0.1, -0.05) is 44.0 Å². The van der Waals surface area contributed by atoms with Crippen molar-refractivity contribution < 1.29 is 23.9 Å². The molecule has 1 aliphatic rings. The summed E-state index contributed by atoms with van der Waals surface area (Å²) in [5.41, 5.74) is 0.773. The van der Waals surface area contributed by atoms with Gasteiger partial charge in [0.1, 0.15) is 18.4 Å². The summed E-state index contributed by atoms with van der Waals surface area (Å²) < 4.78 is 5.72. The molecule has 182 valence electrons. The number of ether oxygens (including phenoxy) is 1. The third kappa shape index (κ3) is 9.82. The molecule has 0 radical (unpaired) electrons. The number of cyclic esters (lactones) is 1. The normalized spacial score (nSPS) is 24.1. The number of aldehydes is 1. The van der Waals surface area contributed by atoms with Crippen molar-refractivity contribution in [3.05, 3.63) is 34.9 Å². The number of carbonyl (C=O) groups excluding carboxylic acids is 4. The fraction of sp³-hybridized carbons (Fsp3) is 0.583. The Kier molecular flexibility index (Phi) is 11.2. The van der Waals surface area contributed by atoms with Crippen molar-refractivity contribution in [2.45, 2.75) is 77.0 Å². The lowest BCUT2D eigenvalue weighted by Crippen LogP contribution is -2.51. The summed E-state index contributed by atoms with van der Waals surface area (Å²) in [4.78, 5) is 49.1. The number of carbonyl (C=O) groups is 4. The number of hydrogen-bond donors (Lipinski definition) is 3. The molecular weight excluding hydrogens is 446 g/mol. The van der Waals surface area contributed by atoms with E-state index in [0.29, 0.717) is 30.7 Å². The summed E-state index contributed by atoms with van der Waals surface area (Å²) in [6.07, 6.45) is 3.05. The first-order valence-corrected chi connectivity index (χ1v) is 11.9. The van der Waals surface area contributed by atoms with Crippen molar-refractivity contribution in [1.82, 2.24) is 16.0 Å². The molecule has 3 atom stereocenters. The quantitative estimate of drug-likeness (QED) is 0.570. The van der Waals surface area contributed by atoms with E-state index < -0.39 is 30.2 Å². The van der Waals surface area contributed by atoms with Crippen molar-refractivity contribution in [2.24, 2.45) is 5.92 Å². The maximum absolute atomic E-state index is 12.8. The molecule has 0 spiro atoms. The largest absolute Gasteiger partial charge is 0.441 e. The molecular formula is C24H34ClN3O5. The van der Waals surface area contributed by atoms with Crippen LogP contribution in [0.4, 0.5) is 4.79 Å². The van der Waals surface area contributed by atoms with E-state index in [1.165, 1.54) is 0 Å². The molecule has 0 saturated carbocycles. The second kappa shape index (κ2) is 13.8. The first-order chi connectivity index (χ1) is 15.8. The van der Waals surface area contributed by atoms with Crippen LogP contribution in [0.1, 0.15) is 70.5 Å². The van der Waals surface area contributed by atoms with E-state index in [-0.39, 0.29) is 24.7 Å². The van der Waals surface area contributed by atoms with E-state index in [1.807, 2.05) is 19.9 Å². The minimum absolute atomic E-state index is 0.111. The van der Waals surface area contributed by atoms with Crippen LogP contribution in [-0.4, -0.2) is 42.8 Å². The Morgan fingerprint density at radius 3 is 2.61 bits per heavy atom. The van der Waals surface area contributed by atoms with Gasteiger partial charge in [-0.05, 0) is 55.7 Å². The molecule has 0 bridgehead atoms. The van der Waals surface area contributed by atoms with E-state index >= 15 is 0 Å². The Morgan fingerprint density at radius 1 is 1.12 bits per heavy atom. The van der Waals surface area contributed by atoms with Gasteiger partial charge < -0.3 is 25.5 Å². The van der Waals surface area contributed by atoms with Crippen LogP contribution in [0.15, 0.2) is 24.3 Å². The van der Waals surface area contributed by atoms with Gasteiger partial charge >= 0.3 is 6.09 Å². The molecule has 1 aliphatic heterocycles. The second-order valence-electron chi connectivity index (χ2n) is 8.76. The van der Waals surface area contributed by atoms with E-state index in [1.54, 1.807) is 18.2 Å². The predicted molar refractivity (Wildman–Crippen MR) is 126 cm³/mol. The molecule has 3 N–H and O–H groups in total. The first-order valence-electron chi connectivity index (χ1n) is 11.5. The minimum Gasteiger partial charge on any atom is -0.441 e. The van der Waals surface area contributed by atoms with Crippen molar-refractivity contribution in [1.29, 1.82) is 0 Å². The van der Waals surface area contributed by atoms with Gasteiger partial charge in [0.15, 0.2) is 0 Å². The molecule has 1 aromatic rings. The third-order valence-electron chi connectivity index (χ3n) is 5.43. The number of hydrogen-bond acceptors (Lipinski definition) is 5. The zero-order valence-electron chi connectivity index (χ0n) is 19.3. The van der Waals surface area contributed by atoms with E-state index in [9.17, 15) is 19.2 Å². The highest BCUT2D eigenvalue weighted by atomic mass is 35.5. The minimum atomic E-state index is -0.871. The average Bonchev–Trinajstić information content (AvgIpc) is 2.76. The summed E-state index contributed by atoms with van der Waals surface area (Å²) in [5, 5.41) is 8.68. The van der Waals surface area contributed by atoms with E-state index in [4.69, 9.17) is 16.3 Å². The number of amides is 3. The SMILES string of the molecule is CC(C)C[C@@H]1NC(=O)O[C@H](c2cccc(Cl)c2)CCCCCNC(=O)CC[C@@H](C=O)NC1=O. The summed E-state index contributed by atoms with van der Waals surface area (Å²) >= 11 is 6.13. The summed E-state index contributed by atoms with van der Waals surface area (Å²) in [5.74, 6) is -0.534. The molecule has 0 unspecified atom stereocenters. The van der Waals surface area contributed by atoms with Crippen LogP contribution < -0.4 is 16.0 Å². The highest BCUT2D eigenvalue weighted by Gasteiger charge is 2.27. The lowest BCUT2D eigenvalue weighted by atomic mass is 10.0. The molecule has 0 aromatic heterocycles. The molecule has 9 heteroatoms. The summed E-state index contributed by atoms with van der Waals surface area (Å²) in [7, 11) is 0. The Balaban J connectivity index is 2.21. The van der Waals surface area contributed by atoms with Gasteiger partial charge in [-0.2, -0.15) is 0 Å². The van der Waals surface area contributed by atoms with Crippen LogP contribution in [0, 0.1) is 5.92 Å². The molecule has 3 amide bonds. The smallest absolute Gasteiger partial charge is 0.408 e. The lowest BCUT2D eigenvalue weighted by molar-refractivity contribution is -0.127. The third-order valence-corrected chi connectivity index (χ3v) is 5.66. The lowest BCUT2D eigenvalue weighted by Gasteiger charge is -2.24. The van der Waals surface area contributed by atoms with Crippen LogP contribution in [0.2, 0.25) is 5.02 Å². The van der Waals surface area contributed by atoms with Crippen molar-refractivity contribution in [3.63, 3.8) is 0 Å². The number of benzene rings is 1. The summed E-state index contributed by atoms with van der Waals surface area (Å²) in [6.45, 7) is 4.38. The Bertz CT molecular complexity index is 817. The molecule has 33 heavy (non-hydrogen) atoms. The molecule has 1 aromatic carbocycles. The van der Waals surface area contributed by atoms with Crippen LogP contribution in [0.25, 0.3) is 0 Å². The van der Waals surface area contributed by atoms with Crippen molar-refractivity contribution >= 4 is 35.8 Å². The molecule has 2 rings (SSSR count). The zero-order chi connectivity index (χ0) is 24.2. The fourth-order valence-electron chi connectivity index (χ4n) is 3.70. The standard InChI is InChI=1S/C24H34ClN3O5/c1-16(2)13-20-23(31)27-19(15-29)10-11-22(30)26-12-5-3-4-9-21(33-24(32)28-20)17-7-6-8-18(25)14-17/h6-8,14-16,19-21H,3-5,9-13H2,1-2H3,(H,26,30)(H,27,31)(H,28,32)/t19-,20-,21-/m0/s1. The van der Waals surface area contributed by atoms with Gasteiger partial charge in [-0.25, -0.2) is 4.79 Å². The zero-order valence-corrected chi connectivity index (χ0v) is 20.0. The second-order valence-corrected chi connectivity index (χ2v) is 9.20. The van der Waals surface area contributed by atoms with Gasteiger partial charge in [0.2, 0.25) is 11.8 Å². The van der Waals surface area contributed by atoms with Crippen LogP contribution >= 0.6 is 11.6 Å². The maximum Gasteiger partial charge on any atom is 0.408 e. The molecule has 1 fully saturated rings. The van der Waals surface area contributed by atoms with Gasteiger partial charge in [-0.3, -0.25) is 9.59 Å². The average molecular weight is 480 g/mol. The number of rotatable bonds is 4. The van der Waals surface area contributed by atoms with Crippen LogP contribution in [0.3, 0.4) is 0 Å². The molecule has 1 heterocycles. The number of halogens is 1. The van der Waals surface area contributed by atoms with Crippen molar-refractivity contribution in [2.75, 3.05) is 6.54 Å². The van der Waals surface area contributed by atoms with Crippen LogP contribution in [-0.2, 0) is 19.1 Å². The summed E-state index contributed by atoms with van der Waals surface area (Å²) in [6, 6.07) is 5.47. The Hall–Kier alpha value is -2.61. The van der Waals surface area contributed by atoms with E-state index in [2.05, 4.69) is 16.0 Å². The molecule has 8 nitrogen and oxygen atoms in total. The fourth-order valence-corrected chi connectivity index (χ4v) is 3.90. The van der Waals surface area contributed by atoms with Gasteiger partial charge in [0.05, 0.1) is 6.04 Å². The highest BCUT2D eigenvalue weighted by molar-refractivity contribution is 6.30. The topological polar surface area (TPSA) is 114 Å².